The molecule has 1 aromatic carbocycles. The lowest BCUT2D eigenvalue weighted by Gasteiger charge is -2.11. The maximum absolute atomic E-state index is 12.6. The van der Waals surface area contributed by atoms with Crippen molar-refractivity contribution in [3.63, 3.8) is 0 Å². The number of aromatic nitrogens is 1. The molecule has 0 aliphatic rings. The van der Waals surface area contributed by atoms with E-state index in [1.807, 2.05) is 39.0 Å². The van der Waals surface area contributed by atoms with Crippen molar-refractivity contribution >= 4 is 5.78 Å². The molecule has 104 valence electrons. The van der Waals surface area contributed by atoms with Crippen LogP contribution in [-0.4, -0.2) is 16.9 Å². The first-order valence-electron chi connectivity index (χ1n) is 6.86. The molecule has 2 aromatic rings. The molecular weight excluding hydrogens is 250 g/mol. The second-order valence-electron chi connectivity index (χ2n) is 4.91. The standard InChI is InChI=1S/C17H19NO2/c1-4-13-11-18-9-8-16(13)17(19)14-6-5-7-15(10-14)20-12(2)3/h5-12H,4H2,1-3H3. The number of aryl methyl sites for hydroxylation is 1. The van der Waals surface area contributed by atoms with E-state index >= 15 is 0 Å². The van der Waals surface area contributed by atoms with Gasteiger partial charge in [0.15, 0.2) is 5.78 Å². The van der Waals surface area contributed by atoms with Gasteiger partial charge in [-0.3, -0.25) is 9.78 Å². The van der Waals surface area contributed by atoms with Crippen LogP contribution in [0.5, 0.6) is 5.75 Å². The van der Waals surface area contributed by atoms with E-state index in [1.165, 1.54) is 0 Å². The molecule has 0 radical (unpaired) electrons. The van der Waals surface area contributed by atoms with E-state index in [-0.39, 0.29) is 11.9 Å². The number of ether oxygens (including phenoxy) is 1. The fourth-order valence-electron chi connectivity index (χ4n) is 2.07. The summed E-state index contributed by atoms with van der Waals surface area (Å²) in [6, 6.07) is 9.09. The normalized spacial score (nSPS) is 10.6. The molecule has 0 atom stereocenters. The first-order chi connectivity index (χ1) is 9.61. The summed E-state index contributed by atoms with van der Waals surface area (Å²) in [6.07, 6.45) is 4.28. The van der Waals surface area contributed by atoms with Crippen LogP contribution in [0.2, 0.25) is 0 Å². The SMILES string of the molecule is CCc1cnccc1C(=O)c1cccc(OC(C)C)c1. The number of rotatable bonds is 5. The summed E-state index contributed by atoms with van der Waals surface area (Å²) in [4.78, 5) is 16.7. The Kier molecular flexibility index (Phi) is 4.51. The van der Waals surface area contributed by atoms with Gasteiger partial charge in [0.2, 0.25) is 0 Å². The van der Waals surface area contributed by atoms with Gasteiger partial charge in [0.1, 0.15) is 5.75 Å². The van der Waals surface area contributed by atoms with E-state index in [2.05, 4.69) is 4.98 Å². The highest BCUT2D eigenvalue weighted by atomic mass is 16.5. The molecule has 0 aliphatic heterocycles. The summed E-state index contributed by atoms with van der Waals surface area (Å²) in [7, 11) is 0. The van der Waals surface area contributed by atoms with E-state index < -0.39 is 0 Å². The number of ketones is 1. The molecule has 0 amide bonds. The minimum absolute atomic E-state index is 0.0125. The Morgan fingerprint density at radius 2 is 2.10 bits per heavy atom. The third-order valence-electron chi connectivity index (χ3n) is 3.00. The summed E-state index contributed by atoms with van der Waals surface area (Å²) in [5.41, 5.74) is 2.32. The van der Waals surface area contributed by atoms with Crippen molar-refractivity contribution in [2.45, 2.75) is 33.3 Å². The summed E-state index contributed by atoms with van der Waals surface area (Å²) in [5, 5.41) is 0. The smallest absolute Gasteiger partial charge is 0.193 e. The zero-order chi connectivity index (χ0) is 14.5. The number of carbonyl (C=O) groups excluding carboxylic acids is 1. The van der Waals surface area contributed by atoms with Crippen LogP contribution < -0.4 is 4.74 Å². The van der Waals surface area contributed by atoms with Crippen LogP contribution in [0, 0.1) is 0 Å². The van der Waals surface area contributed by atoms with Gasteiger partial charge in [-0.15, -0.1) is 0 Å². The summed E-state index contributed by atoms with van der Waals surface area (Å²) < 4.78 is 5.63. The van der Waals surface area contributed by atoms with Crippen molar-refractivity contribution in [3.8, 4) is 5.75 Å². The minimum Gasteiger partial charge on any atom is -0.491 e. The lowest BCUT2D eigenvalue weighted by atomic mass is 9.99. The fraction of sp³-hybridized carbons (Fsp3) is 0.294. The van der Waals surface area contributed by atoms with Crippen molar-refractivity contribution in [1.29, 1.82) is 0 Å². The summed E-state index contributed by atoms with van der Waals surface area (Å²) in [6.45, 7) is 5.95. The maximum atomic E-state index is 12.6. The monoisotopic (exact) mass is 269 g/mol. The van der Waals surface area contributed by atoms with Crippen molar-refractivity contribution < 1.29 is 9.53 Å². The number of carbonyl (C=O) groups is 1. The van der Waals surface area contributed by atoms with Crippen LogP contribution in [0.4, 0.5) is 0 Å². The molecule has 3 heteroatoms. The van der Waals surface area contributed by atoms with Gasteiger partial charge in [-0.1, -0.05) is 19.1 Å². The maximum Gasteiger partial charge on any atom is 0.193 e. The van der Waals surface area contributed by atoms with Gasteiger partial charge in [0, 0.05) is 23.5 Å². The van der Waals surface area contributed by atoms with E-state index in [4.69, 9.17) is 4.74 Å². The molecule has 1 aromatic heterocycles. The minimum atomic E-state index is 0.0125. The number of pyridine rings is 1. The predicted octanol–water partition coefficient (Wildman–Crippen LogP) is 3.66. The molecule has 1 heterocycles. The van der Waals surface area contributed by atoms with Gasteiger partial charge in [-0.05, 0) is 44.0 Å². The molecule has 0 bridgehead atoms. The highest BCUT2D eigenvalue weighted by Gasteiger charge is 2.13. The average molecular weight is 269 g/mol. The highest BCUT2D eigenvalue weighted by Crippen LogP contribution is 2.19. The van der Waals surface area contributed by atoms with Gasteiger partial charge < -0.3 is 4.74 Å². The Morgan fingerprint density at radius 1 is 1.30 bits per heavy atom. The van der Waals surface area contributed by atoms with Crippen molar-refractivity contribution in [2.24, 2.45) is 0 Å². The second kappa shape index (κ2) is 6.33. The van der Waals surface area contributed by atoms with Crippen LogP contribution in [0.3, 0.4) is 0 Å². The number of hydrogen-bond donors (Lipinski definition) is 0. The summed E-state index contributed by atoms with van der Waals surface area (Å²) in [5.74, 6) is 0.733. The topological polar surface area (TPSA) is 39.2 Å². The van der Waals surface area contributed by atoms with Gasteiger partial charge in [-0.25, -0.2) is 0 Å². The fourth-order valence-corrected chi connectivity index (χ4v) is 2.07. The highest BCUT2D eigenvalue weighted by molar-refractivity contribution is 6.10. The molecule has 0 unspecified atom stereocenters. The number of nitrogens with zero attached hydrogens (tertiary/aromatic N) is 1. The van der Waals surface area contributed by atoms with E-state index in [0.717, 1.165) is 17.7 Å². The Labute approximate surface area is 119 Å². The zero-order valence-corrected chi connectivity index (χ0v) is 12.1. The number of hydrogen-bond acceptors (Lipinski definition) is 3. The van der Waals surface area contributed by atoms with E-state index in [9.17, 15) is 4.79 Å². The van der Waals surface area contributed by atoms with Crippen LogP contribution in [0.25, 0.3) is 0 Å². The van der Waals surface area contributed by atoms with Crippen LogP contribution in [0.1, 0.15) is 42.3 Å². The van der Waals surface area contributed by atoms with Gasteiger partial charge in [0.25, 0.3) is 0 Å². The Bertz CT molecular complexity index is 605. The lowest BCUT2D eigenvalue weighted by Crippen LogP contribution is -2.08. The molecule has 3 nitrogen and oxygen atoms in total. The second-order valence-corrected chi connectivity index (χ2v) is 4.91. The molecule has 0 saturated heterocycles. The zero-order valence-electron chi connectivity index (χ0n) is 12.1. The largest absolute Gasteiger partial charge is 0.491 e. The first-order valence-corrected chi connectivity index (χ1v) is 6.86. The summed E-state index contributed by atoms with van der Waals surface area (Å²) >= 11 is 0. The van der Waals surface area contributed by atoms with Crippen molar-refractivity contribution in [2.75, 3.05) is 0 Å². The Balaban J connectivity index is 2.33. The molecule has 0 saturated carbocycles. The Hall–Kier alpha value is -2.16. The molecule has 20 heavy (non-hydrogen) atoms. The quantitative estimate of drug-likeness (QED) is 0.777. The van der Waals surface area contributed by atoms with E-state index in [1.54, 1.807) is 24.5 Å². The Morgan fingerprint density at radius 3 is 2.80 bits per heavy atom. The van der Waals surface area contributed by atoms with E-state index in [0.29, 0.717) is 11.1 Å². The molecule has 0 N–H and O–H groups in total. The van der Waals surface area contributed by atoms with Crippen molar-refractivity contribution in [3.05, 3.63) is 59.4 Å². The molecule has 0 spiro atoms. The van der Waals surface area contributed by atoms with Gasteiger partial charge in [-0.2, -0.15) is 0 Å². The molecule has 0 aliphatic carbocycles. The molecule has 2 rings (SSSR count). The third-order valence-corrected chi connectivity index (χ3v) is 3.00. The van der Waals surface area contributed by atoms with Crippen LogP contribution in [0.15, 0.2) is 42.7 Å². The third kappa shape index (κ3) is 3.23. The van der Waals surface area contributed by atoms with Gasteiger partial charge >= 0.3 is 0 Å². The lowest BCUT2D eigenvalue weighted by molar-refractivity contribution is 0.103. The molecule has 0 fully saturated rings. The van der Waals surface area contributed by atoms with Crippen LogP contribution in [-0.2, 0) is 6.42 Å². The predicted molar refractivity (Wildman–Crippen MR) is 79.3 cm³/mol. The average Bonchev–Trinajstić information content (AvgIpc) is 2.46. The van der Waals surface area contributed by atoms with Crippen molar-refractivity contribution in [1.82, 2.24) is 4.98 Å². The van der Waals surface area contributed by atoms with Gasteiger partial charge in [0.05, 0.1) is 6.10 Å². The first kappa shape index (κ1) is 14.3. The van der Waals surface area contributed by atoms with Crippen LogP contribution >= 0.6 is 0 Å². The number of benzene rings is 1. The molecular formula is C17H19NO2.